The molecule has 0 N–H and O–H groups in total. The normalized spacial score (nSPS) is 13.3. The summed E-state index contributed by atoms with van der Waals surface area (Å²) in [5.41, 5.74) is 3.83. The van der Waals surface area contributed by atoms with E-state index in [1.165, 1.54) is 86.9 Å². The largest absolute Gasteiger partial charge is 0.348 e. The smallest absolute Gasteiger partial charge is 0.185 e. The van der Waals surface area contributed by atoms with E-state index in [1.807, 2.05) is 11.3 Å². The first kappa shape index (κ1) is 26.9. The van der Waals surface area contributed by atoms with Crippen molar-refractivity contribution < 1.29 is 0 Å². The second kappa shape index (κ2) is 15.5. The minimum Gasteiger partial charge on any atom is -0.348 e. The summed E-state index contributed by atoms with van der Waals surface area (Å²) in [6.45, 7) is 13.9. The summed E-state index contributed by atoms with van der Waals surface area (Å²) >= 11 is 1.84. The van der Waals surface area contributed by atoms with Crippen molar-refractivity contribution in [1.29, 1.82) is 0 Å². The molecule has 1 heterocycles. The minimum absolute atomic E-state index is 0.767. The molecule has 3 heteroatoms. The summed E-state index contributed by atoms with van der Waals surface area (Å²) in [5.74, 6) is 1.53. The highest BCUT2D eigenvalue weighted by atomic mass is 32.1. The van der Waals surface area contributed by atoms with Crippen molar-refractivity contribution in [3.05, 3.63) is 35.2 Å². The second-order valence-electron chi connectivity index (χ2n) is 9.55. The van der Waals surface area contributed by atoms with Gasteiger partial charge in [-0.1, -0.05) is 104 Å². The van der Waals surface area contributed by atoms with Crippen LogP contribution in [0.2, 0.25) is 0 Å². The van der Waals surface area contributed by atoms with Crippen molar-refractivity contribution in [3.8, 4) is 11.3 Å². The summed E-state index contributed by atoms with van der Waals surface area (Å²) in [5, 5.41) is 3.49. The van der Waals surface area contributed by atoms with Crippen LogP contribution in [-0.2, 0) is 6.42 Å². The van der Waals surface area contributed by atoms with Crippen molar-refractivity contribution >= 4 is 16.5 Å². The average molecular weight is 457 g/mol. The zero-order valence-electron chi connectivity index (χ0n) is 21.5. The van der Waals surface area contributed by atoms with E-state index in [2.05, 4.69) is 69.2 Å². The van der Waals surface area contributed by atoms with Crippen LogP contribution in [0.5, 0.6) is 0 Å². The van der Waals surface area contributed by atoms with Gasteiger partial charge in [-0.05, 0) is 43.1 Å². The van der Waals surface area contributed by atoms with Crippen LogP contribution in [0.25, 0.3) is 11.3 Å². The van der Waals surface area contributed by atoms with Crippen LogP contribution in [-0.4, -0.2) is 18.1 Å². The predicted molar refractivity (Wildman–Crippen MR) is 145 cm³/mol. The number of aromatic nitrogens is 1. The Balaban J connectivity index is 2.17. The van der Waals surface area contributed by atoms with Gasteiger partial charge >= 0.3 is 0 Å². The molecule has 2 unspecified atom stereocenters. The second-order valence-corrected chi connectivity index (χ2v) is 10.4. The van der Waals surface area contributed by atoms with Gasteiger partial charge in [0.05, 0.1) is 5.69 Å². The molecule has 32 heavy (non-hydrogen) atoms. The van der Waals surface area contributed by atoms with Gasteiger partial charge in [-0.15, -0.1) is 11.3 Å². The van der Waals surface area contributed by atoms with E-state index in [0.717, 1.165) is 30.6 Å². The highest BCUT2D eigenvalue weighted by Crippen LogP contribution is 2.31. The maximum absolute atomic E-state index is 5.15. The SMILES string of the molecule is CCCCc1ccc(-c2csc(N(CC(CC)CCCC)CC(CC)CCCC)n2)cc1. The molecular weight excluding hydrogens is 408 g/mol. The summed E-state index contributed by atoms with van der Waals surface area (Å²) in [4.78, 5) is 7.79. The third kappa shape index (κ3) is 8.89. The van der Waals surface area contributed by atoms with E-state index < -0.39 is 0 Å². The lowest BCUT2D eigenvalue weighted by Crippen LogP contribution is -2.34. The Morgan fingerprint density at radius 1 is 0.781 bits per heavy atom. The van der Waals surface area contributed by atoms with Gasteiger partial charge < -0.3 is 4.90 Å². The molecular formula is C29H48N2S. The molecule has 180 valence electrons. The molecule has 0 saturated heterocycles. The summed E-state index contributed by atoms with van der Waals surface area (Å²) < 4.78 is 0. The van der Waals surface area contributed by atoms with Crippen LogP contribution in [0.4, 0.5) is 5.13 Å². The lowest BCUT2D eigenvalue weighted by molar-refractivity contribution is 0.403. The van der Waals surface area contributed by atoms with Gasteiger partial charge in [0.1, 0.15) is 0 Å². The molecule has 0 aliphatic carbocycles. The molecule has 0 aliphatic heterocycles. The van der Waals surface area contributed by atoms with Gasteiger partial charge in [-0.25, -0.2) is 4.98 Å². The fourth-order valence-electron chi connectivity index (χ4n) is 4.45. The van der Waals surface area contributed by atoms with Crippen LogP contribution in [0.3, 0.4) is 0 Å². The molecule has 0 fully saturated rings. The van der Waals surface area contributed by atoms with Crippen LogP contribution in [0, 0.1) is 11.8 Å². The van der Waals surface area contributed by atoms with Crippen LogP contribution >= 0.6 is 11.3 Å². The Labute approximate surface area is 202 Å². The minimum atomic E-state index is 0.767. The van der Waals surface area contributed by atoms with Crippen LogP contribution in [0.1, 0.15) is 104 Å². The first-order valence-corrected chi connectivity index (χ1v) is 14.3. The lowest BCUT2D eigenvalue weighted by Gasteiger charge is -2.30. The monoisotopic (exact) mass is 456 g/mol. The van der Waals surface area contributed by atoms with Gasteiger partial charge in [0, 0.05) is 24.0 Å². The molecule has 0 spiro atoms. The molecule has 0 amide bonds. The maximum Gasteiger partial charge on any atom is 0.185 e. The fraction of sp³-hybridized carbons (Fsp3) is 0.690. The topological polar surface area (TPSA) is 16.1 Å². The number of hydrogen-bond donors (Lipinski definition) is 0. The van der Waals surface area contributed by atoms with Gasteiger partial charge in [0.25, 0.3) is 0 Å². The maximum atomic E-state index is 5.15. The Hall–Kier alpha value is -1.35. The molecule has 2 rings (SSSR count). The van der Waals surface area contributed by atoms with Crippen molar-refractivity contribution in [2.24, 2.45) is 11.8 Å². The summed E-state index contributed by atoms with van der Waals surface area (Å²) in [6.07, 6.45) is 14.2. The zero-order valence-corrected chi connectivity index (χ0v) is 22.4. The Morgan fingerprint density at radius 2 is 1.34 bits per heavy atom. The first-order chi connectivity index (χ1) is 15.6. The number of anilines is 1. The van der Waals surface area contributed by atoms with Crippen LogP contribution < -0.4 is 4.90 Å². The number of benzene rings is 1. The number of thiazole rings is 1. The van der Waals surface area contributed by atoms with E-state index in [4.69, 9.17) is 4.98 Å². The Bertz CT molecular complexity index is 703. The standard InChI is InChI=1S/C29H48N2S/c1-6-11-14-24(9-4)21-31(22-25(10-5)15-12-7-2)29-30-28(23-32-29)27-19-17-26(18-20-27)16-13-8-3/h17-20,23-25H,6-16,21-22H2,1-5H3. The van der Waals surface area contributed by atoms with E-state index >= 15 is 0 Å². The van der Waals surface area contributed by atoms with E-state index in [-0.39, 0.29) is 0 Å². The van der Waals surface area contributed by atoms with E-state index in [9.17, 15) is 0 Å². The Kier molecular flexibility index (Phi) is 13.0. The molecule has 0 aliphatic rings. The molecule has 2 atom stereocenters. The first-order valence-electron chi connectivity index (χ1n) is 13.4. The van der Waals surface area contributed by atoms with Gasteiger partial charge in [-0.3, -0.25) is 0 Å². The highest BCUT2D eigenvalue weighted by molar-refractivity contribution is 7.14. The molecule has 0 bridgehead atoms. The van der Waals surface area contributed by atoms with Gasteiger partial charge in [-0.2, -0.15) is 0 Å². The highest BCUT2D eigenvalue weighted by Gasteiger charge is 2.20. The third-order valence-corrected chi connectivity index (χ3v) is 7.78. The van der Waals surface area contributed by atoms with Crippen molar-refractivity contribution in [2.45, 2.75) is 105 Å². The molecule has 1 aromatic carbocycles. The molecule has 0 radical (unpaired) electrons. The van der Waals surface area contributed by atoms with Crippen LogP contribution in [0.15, 0.2) is 29.6 Å². The van der Waals surface area contributed by atoms with E-state index in [1.54, 1.807) is 0 Å². The number of rotatable bonds is 17. The fourth-order valence-corrected chi connectivity index (χ4v) is 5.31. The van der Waals surface area contributed by atoms with Gasteiger partial charge in [0.2, 0.25) is 0 Å². The molecule has 1 aromatic heterocycles. The average Bonchev–Trinajstić information content (AvgIpc) is 3.32. The van der Waals surface area contributed by atoms with Crippen molar-refractivity contribution in [1.82, 2.24) is 4.98 Å². The molecule has 2 aromatic rings. The summed E-state index contributed by atoms with van der Waals surface area (Å²) in [7, 11) is 0. The number of hydrogen-bond acceptors (Lipinski definition) is 3. The van der Waals surface area contributed by atoms with Gasteiger partial charge in [0.15, 0.2) is 5.13 Å². The quantitative estimate of drug-likeness (QED) is 0.236. The van der Waals surface area contributed by atoms with Crippen molar-refractivity contribution in [3.63, 3.8) is 0 Å². The predicted octanol–water partition coefficient (Wildman–Crippen LogP) is 9.39. The van der Waals surface area contributed by atoms with E-state index in [0.29, 0.717) is 0 Å². The Morgan fingerprint density at radius 3 is 1.84 bits per heavy atom. The lowest BCUT2D eigenvalue weighted by atomic mass is 9.96. The third-order valence-electron chi connectivity index (χ3n) is 6.88. The number of nitrogens with zero attached hydrogens (tertiary/aromatic N) is 2. The number of unbranched alkanes of at least 4 members (excludes halogenated alkanes) is 3. The summed E-state index contributed by atoms with van der Waals surface area (Å²) in [6, 6.07) is 9.11. The van der Waals surface area contributed by atoms with Crippen molar-refractivity contribution in [2.75, 3.05) is 18.0 Å². The molecule has 0 saturated carbocycles. The molecule has 2 nitrogen and oxygen atoms in total. The zero-order chi connectivity index (χ0) is 23.2. The number of aryl methyl sites for hydroxylation is 1.